The number of nitrogens with one attached hydrogen (secondary N) is 2. The Hall–Kier alpha value is -0.370. The average Bonchev–Trinajstić information content (AvgIpc) is 2.55. The molecule has 1 atom stereocenters. The van der Waals surface area contributed by atoms with Crippen molar-refractivity contribution in [2.75, 3.05) is 32.4 Å². The Morgan fingerprint density at radius 1 is 1.47 bits per heavy atom. The molecule has 0 aliphatic carbocycles. The molecule has 0 aromatic heterocycles. The Kier molecular flexibility index (Phi) is 6.99. The molecule has 0 aromatic carbocycles. The van der Waals surface area contributed by atoms with E-state index in [2.05, 4.69) is 10.6 Å². The molecule has 0 radical (unpaired) electrons. The van der Waals surface area contributed by atoms with Gasteiger partial charge in [0.2, 0.25) is 15.9 Å². The zero-order valence-electron chi connectivity index (χ0n) is 10.1. The molecule has 17 heavy (non-hydrogen) atoms. The lowest BCUT2D eigenvalue weighted by Gasteiger charge is -2.15. The molecule has 0 bridgehead atoms. The van der Waals surface area contributed by atoms with Crippen LogP contribution in [-0.2, 0) is 14.8 Å². The topological polar surface area (TPSA) is 78.5 Å². The molecule has 1 saturated heterocycles. The van der Waals surface area contributed by atoms with Crippen LogP contribution in [0.5, 0.6) is 0 Å². The third-order valence-corrected chi connectivity index (χ3v) is 4.52. The fourth-order valence-electron chi connectivity index (χ4n) is 1.45. The molecule has 0 saturated carbocycles. The summed E-state index contributed by atoms with van der Waals surface area (Å²) in [4.78, 5) is 11.5. The van der Waals surface area contributed by atoms with E-state index in [1.807, 2.05) is 14.0 Å². The largest absolute Gasteiger partial charge is 0.353 e. The average molecular weight is 286 g/mol. The van der Waals surface area contributed by atoms with Gasteiger partial charge in [0.05, 0.1) is 12.3 Å². The maximum Gasteiger partial charge on any atom is 0.235 e. The van der Waals surface area contributed by atoms with Crippen LogP contribution in [0.2, 0.25) is 0 Å². The first kappa shape index (κ1) is 16.6. The summed E-state index contributed by atoms with van der Waals surface area (Å²) in [6.45, 7) is 2.84. The summed E-state index contributed by atoms with van der Waals surface area (Å²) < 4.78 is 24.1. The second-order valence-electron chi connectivity index (χ2n) is 4.00. The maximum absolute atomic E-state index is 11.5. The van der Waals surface area contributed by atoms with E-state index in [0.29, 0.717) is 19.5 Å². The summed E-state index contributed by atoms with van der Waals surface area (Å²) in [6.07, 6.45) is 0.614. The molecular formula is C9H20ClN3O3S. The fourth-order valence-corrected chi connectivity index (χ4v) is 2.93. The first-order valence-electron chi connectivity index (χ1n) is 5.37. The number of hydrogen-bond acceptors (Lipinski definition) is 4. The lowest BCUT2D eigenvalue weighted by Crippen LogP contribution is -2.42. The number of hydrogen-bond donors (Lipinski definition) is 2. The van der Waals surface area contributed by atoms with Crippen LogP contribution < -0.4 is 10.6 Å². The Bertz CT molecular complexity index is 347. The van der Waals surface area contributed by atoms with Gasteiger partial charge in [0.15, 0.2) is 0 Å². The third-order valence-electron chi connectivity index (χ3n) is 2.62. The number of carbonyl (C=O) groups is 1. The molecule has 1 unspecified atom stereocenters. The second kappa shape index (κ2) is 7.15. The molecule has 0 aromatic rings. The number of amides is 1. The summed E-state index contributed by atoms with van der Waals surface area (Å²) in [5.74, 6) is -0.0831. The summed E-state index contributed by atoms with van der Waals surface area (Å²) in [5, 5.41) is 5.67. The first-order valence-corrected chi connectivity index (χ1v) is 6.98. The quantitative estimate of drug-likeness (QED) is 0.691. The van der Waals surface area contributed by atoms with Crippen LogP contribution in [0.25, 0.3) is 0 Å². The SMILES string of the molecule is CNC(C)CNC(=O)CN1CCCS1(=O)=O.Cl. The lowest BCUT2D eigenvalue weighted by atomic mass is 10.3. The van der Waals surface area contributed by atoms with Crippen molar-refractivity contribution in [3.05, 3.63) is 0 Å². The molecule has 1 aliphatic rings. The van der Waals surface area contributed by atoms with E-state index >= 15 is 0 Å². The van der Waals surface area contributed by atoms with Crippen LogP contribution in [0.15, 0.2) is 0 Å². The van der Waals surface area contributed by atoms with Crippen molar-refractivity contribution in [3.8, 4) is 0 Å². The molecule has 1 amide bonds. The van der Waals surface area contributed by atoms with Crippen molar-refractivity contribution < 1.29 is 13.2 Å². The van der Waals surface area contributed by atoms with E-state index in [9.17, 15) is 13.2 Å². The minimum atomic E-state index is -3.17. The molecule has 102 valence electrons. The summed E-state index contributed by atoms with van der Waals surface area (Å²) in [7, 11) is -1.36. The van der Waals surface area contributed by atoms with Crippen molar-refractivity contribution in [1.82, 2.24) is 14.9 Å². The fraction of sp³-hybridized carbons (Fsp3) is 0.889. The van der Waals surface area contributed by atoms with Gasteiger partial charge in [-0.25, -0.2) is 8.42 Å². The summed E-state index contributed by atoms with van der Waals surface area (Å²) >= 11 is 0. The van der Waals surface area contributed by atoms with Gasteiger partial charge in [-0.2, -0.15) is 4.31 Å². The van der Waals surface area contributed by atoms with Crippen LogP contribution in [0.3, 0.4) is 0 Å². The van der Waals surface area contributed by atoms with Gasteiger partial charge in [-0.1, -0.05) is 0 Å². The van der Waals surface area contributed by atoms with Crippen molar-refractivity contribution in [2.24, 2.45) is 0 Å². The standard InChI is InChI=1S/C9H19N3O3S.ClH/c1-8(10-2)6-11-9(13)7-12-4-3-5-16(12,14)15;/h8,10H,3-7H2,1-2H3,(H,11,13);1H. The van der Waals surface area contributed by atoms with Gasteiger partial charge >= 0.3 is 0 Å². The maximum atomic E-state index is 11.5. The van der Waals surface area contributed by atoms with Crippen LogP contribution in [0.1, 0.15) is 13.3 Å². The molecular weight excluding hydrogens is 266 g/mol. The van der Waals surface area contributed by atoms with Gasteiger partial charge < -0.3 is 10.6 Å². The first-order chi connectivity index (χ1) is 7.45. The number of likely N-dealkylation sites (N-methyl/N-ethyl adjacent to an activating group) is 1. The van der Waals surface area contributed by atoms with E-state index in [-0.39, 0.29) is 36.7 Å². The Balaban J connectivity index is 0.00000256. The third kappa shape index (κ3) is 5.20. The molecule has 2 N–H and O–H groups in total. The summed E-state index contributed by atoms with van der Waals surface area (Å²) in [6, 6.07) is 0.180. The molecule has 8 heteroatoms. The molecule has 1 aliphatic heterocycles. The van der Waals surface area contributed by atoms with Gasteiger partial charge in [0, 0.05) is 19.1 Å². The van der Waals surface area contributed by atoms with Gasteiger partial charge in [0.25, 0.3) is 0 Å². The highest BCUT2D eigenvalue weighted by molar-refractivity contribution is 7.89. The van der Waals surface area contributed by atoms with Crippen molar-refractivity contribution >= 4 is 28.3 Å². The van der Waals surface area contributed by atoms with Crippen molar-refractivity contribution in [1.29, 1.82) is 0 Å². The van der Waals surface area contributed by atoms with Crippen molar-refractivity contribution in [3.63, 3.8) is 0 Å². The number of rotatable bonds is 5. The zero-order chi connectivity index (χ0) is 12.2. The Labute approximate surface area is 109 Å². The van der Waals surface area contributed by atoms with Crippen LogP contribution in [-0.4, -0.2) is 57.1 Å². The Morgan fingerprint density at radius 3 is 2.59 bits per heavy atom. The summed E-state index contributed by atoms with van der Waals surface area (Å²) in [5.41, 5.74) is 0. The lowest BCUT2D eigenvalue weighted by molar-refractivity contribution is -0.121. The number of halogens is 1. The minimum Gasteiger partial charge on any atom is -0.353 e. The molecule has 0 spiro atoms. The second-order valence-corrected chi connectivity index (χ2v) is 6.09. The normalized spacial score (nSPS) is 20.6. The minimum absolute atomic E-state index is 0. The number of nitrogens with zero attached hydrogens (tertiary/aromatic N) is 1. The Morgan fingerprint density at radius 2 is 2.12 bits per heavy atom. The molecule has 6 nitrogen and oxygen atoms in total. The molecule has 1 rings (SSSR count). The monoisotopic (exact) mass is 285 g/mol. The van der Waals surface area contributed by atoms with E-state index < -0.39 is 10.0 Å². The van der Waals surface area contributed by atoms with Crippen LogP contribution >= 0.6 is 12.4 Å². The van der Waals surface area contributed by atoms with Gasteiger partial charge in [0.1, 0.15) is 0 Å². The van der Waals surface area contributed by atoms with Gasteiger partial charge in [-0.05, 0) is 20.4 Å². The highest BCUT2D eigenvalue weighted by Crippen LogP contribution is 2.11. The predicted octanol–water partition coefficient (Wildman–Crippen LogP) is -0.832. The number of carbonyl (C=O) groups excluding carboxylic acids is 1. The highest BCUT2D eigenvalue weighted by atomic mass is 35.5. The molecule has 1 heterocycles. The highest BCUT2D eigenvalue weighted by Gasteiger charge is 2.29. The smallest absolute Gasteiger partial charge is 0.235 e. The number of sulfonamides is 1. The van der Waals surface area contributed by atoms with Crippen molar-refractivity contribution in [2.45, 2.75) is 19.4 Å². The van der Waals surface area contributed by atoms with E-state index in [4.69, 9.17) is 0 Å². The van der Waals surface area contributed by atoms with E-state index in [1.54, 1.807) is 0 Å². The molecule has 1 fully saturated rings. The van der Waals surface area contributed by atoms with E-state index in [0.717, 1.165) is 0 Å². The van der Waals surface area contributed by atoms with Crippen LogP contribution in [0, 0.1) is 0 Å². The van der Waals surface area contributed by atoms with Crippen LogP contribution in [0.4, 0.5) is 0 Å². The van der Waals surface area contributed by atoms with Gasteiger partial charge in [-0.15, -0.1) is 12.4 Å². The predicted molar refractivity (Wildman–Crippen MR) is 68.8 cm³/mol. The van der Waals surface area contributed by atoms with E-state index in [1.165, 1.54) is 4.31 Å². The van der Waals surface area contributed by atoms with Gasteiger partial charge in [-0.3, -0.25) is 4.79 Å². The zero-order valence-corrected chi connectivity index (χ0v) is 11.7.